The van der Waals surface area contributed by atoms with E-state index in [1.165, 1.54) is 0 Å². The number of anilines is 1. The summed E-state index contributed by atoms with van der Waals surface area (Å²) in [5.74, 6) is 1.44. The van der Waals surface area contributed by atoms with E-state index in [-0.39, 0.29) is 11.9 Å². The van der Waals surface area contributed by atoms with Crippen LogP contribution in [0.1, 0.15) is 48.7 Å². The lowest BCUT2D eigenvalue weighted by molar-refractivity contribution is 0.0940. The van der Waals surface area contributed by atoms with Crippen LogP contribution in [-0.4, -0.2) is 30.6 Å². The highest BCUT2D eigenvalue weighted by Crippen LogP contribution is 2.23. The Kier molecular flexibility index (Phi) is 5.99. The van der Waals surface area contributed by atoms with Crippen LogP contribution in [0.5, 0.6) is 5.75 Å². The molecule has 0 radical (unpaired) electrons. The Morgan fingerprint density at radius 3 is 2.62 bits per heavy atom. The number of nitrogens with one attached hydrogen (secondary N) is 1. The zero-order chi connectivity index (χ0) is 18.5. The fourth-order valence-electron chi connectivity index (χ4n) is 3.11. The molecule has 1 saturated heterocycles. The van der Waals surface area contributed by atoms with Crippen molar-refractivity contribution in [1.29, 1.82) is 0 Å². The van der Waals surface area contributed by atoms with Gasteiger partial charge in [-0.3, -0.25) is 4.79 Å². The second kappa shape index (κ2) is 8.41. The molecule has 26 heavy (non-hydrogen) atoms. The van der Waals surface area contributed by atoms with Crippen molar-refractivity contribution < 1.29 is 9.53 Å². The maximum absolute atomic E-state index is 12.7. The molecule has 0 spiro atoms. The van der Waals surface area contributed by atoms with Crippen LogP contribution in [0.15, 0.2) is 36.4 Å². The van der Waals surface area contributed by atoms with E-state index < -0.39 is 0 Å². The third-order valence-corrected chi connectivity index (χ3v) is 4.71. The fraction of sp³-hybridized carbons (Fsp3) is 0.400. The number of carbonyl (C=O) groups excluding carboxylic acids is 1. The molecule has 1 amide bonds. The lowest BCUT2D eigenvalue weighted by atomic mass is 10.1. The van der Waals surface area contributed by atoms with Crippen molar-refractivity contribution >= 4 is 23.3 Å². The number of rotatable bonds is 6. The predicted octanol–water partition coefficient (Wildman–Crippen LogP) is 4.22. The van der Waals surface area contributed by atoms with Gasteiger partial charge in [-0.2, -0.15) is 0 Å². The molecule has 0 saturated carbocycles. The van der Waals surface area contributed by atoms with Crippen LogP contribution in [-0.2, 0) is 0 Å². The molecule has 1 unspecified atom stereocenters. The first-order valence-corrected chi connectivity index (χ1v) is 9.41. The van der Waals surface area contributed by atoms with Gasteiger partial charge in [0.2, 0.25) is 0 Å². The molecule has 2 heterocycles. The van der Waals surface area contributed by atoms with Gasteiger partial charge in [0.15, 0.2) is 0 Å². The normalized spacial score (nSPS) is 15.0. The van der Waals surface area contributed by atoms with Crippen molar-refractivity contribution in [3.05, 3.63) is 52.7 Å². The molecule has 1 aliphatic rings. The smallest absolute Gasteiger partial charge is 0.251 e. The van der Waals surface area contributed by atoms with Crippen molar-refractivity contribution in [2.45, 2.75) is 32.7 Å². The molecule has 2 aromatic rings. The highest BCUT2D eigenvalue weighted by atomic mass is 35.5. The molecule has 1 aromatic carbocycles. The number of pyridine rings is 1. The molecule has 138 valence electrons. The molecule has 1 aliphatic heterocycles. The monoisotopic (exact) mass is 373 g/mol. The van der Waals surface area contributed by atoms with Gasteiger partial charge >= 0.3 is 0 Å². The van der Waals surface area contributed by atoms with Crippen LogP contribution in [0.25, 0.3) is 0 Å². The maximum atomic E-state index is 12.7. The van der Waals surface area contributed by atoms with Gasteiger partial charge in [-0.15, -0.1) is 0 Å². The number of ether oxygens (including phenoxy) is 1. The molecule has 3 rings (SSSR count). The van der Waals surface area contributed by atoms with Crippen molar-refractivity contribution in [1.82, 2.24) is 10.3 Å². The fourth-order valence-corrected chi connectivity index (χ4v) is 3.31. The van der Waals surface area contributed by atoms with Crippen molar-refractivity contribution in [2.75, 3.05) is 24.6 Å². The van der Waals surface area contributed by atoms with Crippen molar-refractivity contribution in [3.63, 3.8) is 0 Å². The number of benzene rings is 1. The first kappa shape index (κ1) is 18.5. The number of aromatic nitrogens is 1. The summed E-state index contributed by atoms with van der Waals surface area (Å²) in [7, 11) is 0. The summed E-state index contributed by atoms with van der Waals surface area (Å²) in [5.41, 5.74) is 1.55. The van der Waals surface area contributed by atoms with E-state index in [2.05, 4.69) is 15.2 Å². The molecule has 0 aliphatic carbocycles. The van der Waals surface area contributed by atoms with E-state index in [4.69, 9.17) is 16.3 Å². The van der Waals surface area contributed by atoms with Gasteiger partial charge in [0.25, 0.3) is 5.91 Å². The van der Waals surface area contributed by atoms with Crippen LogP contribution in [0, 0.1) is 0 Å². The number of hydrogen-bond acceptors (Lipinski definition) is 4. The Hall–Kier alpha value is -2.27. The van der Waals surface area contributed by atoms with E-state index in [9.17, 15) is 4.79 Å². The predicted molar refractivity (Wildman–Crippen MR) is 104 cm³/mol. The van der Waals surface area contributed by atoms with Gasteiger partial charge in [0, 0.05) is 18.7 Å². The summed E-state index contributed by atoms with van der Waals surface area (Å²) in [6.45, 7) is 6.45. The zero-order valence-corrected chi connectivity index (χ0v) is 15.9. The molecule has 6 heteroatoms. The summed E-state index contributed by atoms with van der Waals surface area (Å²) in [6.07, 6.45) is 2.29. The Labute approximate surface area is 159 Å². The lowest BCUT2D eigenvalue weighted by Crippen LogP contribution is -2.27. The van der Waals surface area contributed by atoms with Crippen LogP contribution in [0.3, 0.4) is 0 Å². The third kappa shape index (κ3) is 4.47. The minimum Gasteiger partial charge on any atom is -0.494 e. The molecular formula is C20H24ClN3O2. The maximum Gasteiger partial charge on any atom is 0.251 e. The quantitative estimate of drug-likeness (QED) is 0.770. The van der Waals surface area contributed by atoms with E-state index in [0.717, 1.165) is 43.1 Å². The lowest BCUT2D eigenvalue weighted by Gasteiger charge is -2.19. The first-order valence-electron chi connectivity index (χ1n) is 9.03. The number of hydrogen-bond donors (Lipinski definition) is 1. The van der Waals surface area contributed by atoms with E-state index >= 15 is 0 Å². The Balaban J connectivity index is 1.70. The SMILES string of the molecule is CCOc1ccc(C(C)NC(=O)c2cc(Cl)nc(N3CCCC3)c2)cc1. The molecule has 1 atom stereocenters. The second-order valence-electron chi connectivity index (χ2n) is 6.43. The molecule has 0 bridgehead atoms. The standard InChI is InChI=1S/C20H24ClN3O2/c1-3-26-17-8-6-15(7-9-17)14(2)22-20(25)16-12-18(21)23-19(13-16)24-10-4-5-11-24/h6-9,12-14H,3-5,10-11H2,1-2H3,(H,22,25). The largest absolute Gasteiger partial charge is 0.494 e. The summed E-state index contributed by atoms with van der Waals surface area (Å²) in [6, 6.07) is 11.1. The minimum atomic E-state index is -0.156. The summed E-state index contributed by atoms with van der Waals surface area (Å²) in [4.78, 5) is 19.2. The Morgan fingerprint density at radius 1 is 1.27 bits per heavy atom. The third-order valence-electron chi connectivity index (χ3n) is 4.51. The molecule has 1 N–H and O–H groups in total. The Morgan fingerprint density at radius 2 is 1.96 bits per heavy atom. The number of carbonyl (C=O) groups is 1. The average Bonchev–Trinajstić information content (AvgIpc) is 3.17. The van der Waals surface area contributed by atoms with E-state index in [1.807, 2.05) is 44.2 Å². The molecule has 1 aromatic heterocycles. The molecular weight excluding hydrogens is 350 g/mol. The average molecular weight is 374 g/mol. The summed E-state index contributed by atoms with van der Waals surface area (Å²) in [5, 5.41) is 3.37. The summed E-state index contributed by atoms with van der Waals surface area (Å²) < 4.78 is 5.45. The number of halogens is 1. The highest BCUT2D eigenvalue weighted by molar-refractivity contribution is 6.29. The Bertz CT molecular complexity index is 758. The number of amides is 1. The van der Waals surface area contributed by atoms with Crippen LogP contribution < -0.4 is 15.0 Å². The van der Waals surface area contributed by atoms with Crippen LogP contribution >= 0.6 is 11.6 Å². The van der Waals surface area contributed by atoms with Crippen LogP contribution in [0.4, 0.5) is 5.82 Å². The van der Waals surface area contributed by atoms with Gasteiger partial charge in [-0.25, -0.2) is 4.98 Å². The van der Waals surface area contributed by atoms with Gasteiger partial charge in [-0.1, -0.05) is 23.7 Å². The van der Waals surface area contributed by atoms with Crippen molar-refractivity contribution in [3.8, 4) is 5.75 Å². The first-order chi connectivity index (χ1) is 12.6. The van der Waals surface area contributed by atoms with Crippen LogP contribution in [0.2, 0.25) is 5.15 Å². The van der Waals surface area contributed by atoms with Gasteiger partial charge in [0.05, 0.1) is 12.6 Å². The van der Waals surface area contributed by atoms with Crippen molar-refractivity contribution in [2.24, 2.45) is 0 Å². The van der Waals surface area contributed by atoms with E-state index in [1.54, 1.807) is 6.07 Å². The zero-order valence-electron chi connectivity index (χ0n) is 15.2. The second-order valence-corrected chi connectivity index (χ2v) is 6.82. The molecule has 1 fully saturated rings. The topological polar surface area (TPSA) is 54.5 Å². The number of nitrogens with zero attached hydrogens (tertiary/aromatic N) is 2. The van der Waals surface area contributed by atoms with Gasteiger partial charge in [0.1, 0.15) is 16.7 Å². The highest BCUT2D eigenvalue weighted by Gasteiger charge is 2.18. The minimum absolute atomic E-state index is 0.125. The van der Waals surface area contributed by atoms with Gasteiger partial charge < -0.3 is 15.0 Å². The molecule has 5 nitrogen and oxygen atoms in total. The summed E-state index contributed by atoms with van der Waals surface area (Å²) >= 11 is 6.14. The van der Waals surface area contributed by atoms with Gasteiger partial charge in [-0.05, 0) is 56.5 Å². The van der Waals surface area contributed by atoms with E-state index in [0.29, 0.717) is 17.3 Å².